The Morgan fingerprint density at radius 3 is 2.50 bits per heavy atom. The van der Waals surface area contributed by atoms with E-state index in [9.17, 15) is 29.3 Å². The molecule has 11 nitrogen and oxygen atoms in total. The Kier molecular flexibility index (Phi) is 7.86. The van der Waals surface area contributed by atoms with E-state index in [-0.39, 0.29) is 22.9 Å². The molecule has 0 radical (unpaired) electrons. The number of aliphatic hydroxyl groups excluding tert-OH is 2. The molecule has 190 valence electrons. The summed E-state index contributed by atoms with van der Waals surface area (Å²) in [6.45, 7) is 8.68. The van der Waals surface area contributed by atoms with Crippen molar-refractivity contribution in [2.75, 3.05) is 0 Å². The molecule has 3 unspecified atom stereocenters. The summed E-state index contributed by atoms with van der Waals surface area (Å²) < 4.78 is 25.4. The zero-order valence-corrected chi connectivity index (χ0v) is 21.0. The number of H-pyrrole nitrogens is 1. The molecule has 2 aromatic heterocycles. The minimum Gasteiger partial charge on any atom is -0.388 e. The van der Waals surface area contributed by atoms with Gasteiger partial charge in [0, 0.05) is 24.4 Å². The van der Waals surface area contributed by atoms with E-state index in [4.69, 9.17) is 9.26 Å². The van der Waals surface area contributed by atoms with E-state index in [1.54, 1.807) is 20.8 Å². The van der Waals surface area contributed by atoms with Crippen LogP contribution < -0.4 is 11.1 Å². The van der Waals surface area contributed by atoms with Crippen molar-refractivity contribution >= 4 is 18.6 Å². The Morgan fingerprint density at radius 1 is 1.26 bits per heavy atom. The Balaban J connectivity index is 1.89. The third-order valence-corrected chi connectivity index (χ3v) is 9.08. The Morgan fingerprint density at radius 2 is 1.91 bits per heavy atom. The van der Waals surface area contributed by atoms with Gasteiger partial charge in [-0.2, -0.15) is 4.98 Å². The Bertz CT molecular complexity index is 1190. The lowest BCUT2D eigenvalue weighted by Crippen LogP contribution is -2.39. The van der Waals surface area contributed by atoms with Crippen LogP contribution in [0.5, 0.6) is 0 Å². The normalized spacial score (nSPS) is 26.6. The van der Waals surface area contributed by atoms with Gasteiger partial charge in [-0.3, -0.25) is 13.9 Å². The molecule has 3 rings (SSSR count). The Labute approximate surface area is 197 Å². The summed E-state index contributed by atoms with van der Waals surface area (Å²) >= 11 is 0. The molecule has 1 aliphatic heterocycles. The lowest BCUT2D eigenvalue weighted by Gasteiger charge is -2.35. The summed E-state index contributed by atoms with van der Waals surface area (Å²) in [7, 11) is -3.95. The number of rotatable bonds is 9. The van der Waals surface area contributed by atoms with Crippen molar-refractivity contribution in [3.8, 4) is 0 Å². The summed E-state index contributed by atoms with van der Waals surface area (Å²) in [6.07, 6.45) is -1.19. The standard InChI is InChI=1S/C22H34N3O8P/c1-6-13(7-2)34(30,31)33-22(5,8-3)9-15-17(27)18(28)20(32-15)25-11-14-16(26)12(4)10-23-19(14)24-21(25)29/h10-11,13,15,17-18,20,27-28H,6-9H2,1-5H3,(H,30,31)(H,23,24,29)/t15-,17?,18+,20-,22?/m1/s1. The first kappa shape index (κ1) is 26.7. The zero-order valence-electron chi connectivity index (χ0n) is 20.1. The monoisotopic (exact) mass is 499 g/mol. The van der Waals surface area contributed by atoms with E-state index in [1.165, 1.54) is 12.4 Å². The smallest absolute Gasteiger partial charge is 0.351 e. The quantitative estimate of drug-likeness (QED) is 0.378. The van der Waals surface area contributed by atoms with Crippen molar-refractivity contribution < 1.29 is 28.9 Å². The van der Waals surface area contributed by atoms with Crippen molar-refractivity contribution in [2.45, 2.75) is 96.1 Å². The Hall–Kier alpha value is -1.88. The van der Waals surface area contributed by atoms with Gasteiger partial charge in [-0.25, -0.2) is 4.79 Å². The first-order valence-electron chi connectivity index (χ1n) is 11.5. The maximum Gasteiger partial charge on any atom is 0.351 e. The molecule has 1 saturated heterocycles. The highest BCUT2D eigenvalue weighted by Gasteiger charge is 2.48. The molecular formula is C22H34N3O8P. The molecule has 4 N–H and O–H groups in total. The van der Waals surface area contributed by atoms with Crippen molar-refractivity contribution in [1.29, 1.82) is 0 Å². The molecule has 1 aliphatic rings. The maximum atomic E-state index is 12.9. The predicted octanol–water partition coefficient (Wildman–Crippen LogP) is 1.96. The van der Waals surface area contributed by atoms with Crippen molar-refractivity contribution in [3.05, 3.63) is 38.7 Å². The number of nitrogens with zero attached hydrogens (tertiary/aromatic N) is 2. The number of aromatic amines is 1. The predicted molar refractivity (Wildman–Crippen MR) is 126 cm³/mol. The second kappa shape index (κ2) is 10.0. The number of ether oxygens (including phenoxy) is 1. The van der Waals surface area contributed by atoms with Crippen LogP contribution in [0.2, 0.25) is 0 Å². The molecule has 3 heterocycles. The number of nitrogens with one attached hydrogen (secondary N) is 1. The largest absolute Gasteiger partial charge is 0.388 e. The van der Waals surface area contributed by atoms with Gasteiger partial charge in [0.05, 0.1) is 22.8 Å². The van der Waals surface area contributed by atoms with Crippen LogP contribution in [0.25, 0.3) is 11.0 Å². The van der Waals surface area contributed by atoms with Crippen LogP contribution in [0.3, 0.4) is 0 Å². The van der Waals surface area contributed by atoms with E-state index in [0.717, 1.165) is 4.57 Å². The first-order chi connectivity index (χ1) is 15.9. The molecule has 0 aromatic carbocycles. The van der Waals surface area contributed by atoms with Gasteiger partial charge in [0.1, 0.15) is 17.9 Å². The van der Waals surface area contributed by atoms with E-state index in [2.05, 4.69) is 9.97 Å². The highest BCUT2D eigenvalue weighted by Crippen LogP contribution is 2.55. The van der Waals surface area contributed by atoms with E-state index in [0.29, 0.717) is 24.8 Å². The average Bonchev–Trinajstić information content (AvgIpc) is 3.04. The van der Waals surface area contributed by atoms with Crippen LogP contribution in [0.15, 0.2) is 22.0 Å². The van der Waals surface area contributed by atoms with Gasteiger partial charge in [-0.1, -0.05) is 20.8 Å². The number of aryl methyl sites for hydroxylation is 1. The van der Waals surface area contributed by atoms with Gasteiger partial charge < -0.3 is 29.4 Å². The van der Waals surface area contributed by atoms with Crippen LogP contribution in [0, 0.1) is 6.92 Å². The number of aromatic nitrogens is 3. The summed E-state index contributed by atoms with van der Waals surface area (Å²) in [6, 6.07) is 0. The third-order valence-electron chi connectivity index (χ3n) is 6.73. The molecular weight excluding hydrogens is 465 g/mol. The van der Waals surface area contributed by atoms with Gasteiger partial charge in [-0.05, 0) is 33.1 Å². The minimum atomic E-state index is -3.95. The molecule has 0 spiro atoms. The van der Waals surface area contributed by atoms with E-state index < -0.39 is 49.1 Å². The lowest BCUT2D eigenvalue weighted by atomic mass is 9.93. The highest BCUT2D eigenvalue weighted by atomic mass is 31.2. The van der Waals surface area contributed by atoms with Crippen LogP contribution in [-0.2, 0) is 13.8 Å². The second-order valence-corrected chi connectivity index (χ2v) is 11.2. The summed E-state index contributed by atoms with van der Waals surface area (Å²) in [5, 5.41) is 21.5. The van der Waals surface area contributed by atoms with Crippen molar-refractivity contribution in [2.24, 2.45) is 0 Å². The van der Waals surface area contributed by atoms with Gasteiger partial charge in [0.15, 0.2) is 11.7 Å². The fraction of sp³-hybridized carbons (Fsp3) is 0.682. The van der Waals surface area contributed by atoms with Crippen molar-refractivity contribution in [1.82, 2.24) is 14.5 Å². The average molecular weight is 500 g/mol. The number of hydrogen-bond acceptors (Lipinski definition) is 8. The third kappa shape index (κ3) is 5.05. The number of hydrogen-bond donors (Lipinski definition) is 4. The molecule has 0 amide bonds. The van der Waals surface area contributed by atoms with Gasteiger partial charge in [-0.15, -0.1) is 0 Å². The number of fused-ring (bicyclic) bond motifs is 1. The van der Waals surface area contributed by atoms with E-state index >= 15 is 0 Å². The number of pyridine rings is 1. The maximum absolute atomic E-state index is 12.9. The molecule has 0 aliphatic carbocycles. The van der Waals surface area contributed by atoms with Gasteiger partial charge in [0.25, 0.3) is 0 Å². The minimum absolute atomic E-state index is 0.00161. The zero-order chi connectivity index (χ0) is 25.4. The van der Waals surface area contributed by atoms with Crippen LogP contribution >= 0.6 is 7.60 Å². The summed E-state index contributed by atoms with van der Waals surface area (Å²) in [5.74, 6) is 0. The molecule has 1 fully saturated rings. The topological polar surface area (TPSA) is 164 Å². The summed E-state index contributed by atoms with van der Waals surface area (Å²) in [5.41, 5.74) is -2.22. The second-order valence-electron chi connectivity index (χ2n) is 9.17. The highest BCUT2D eigenvalue weighted by molar-refractivity contribution is 7.53. The molecule has 0 bridgehead atoms. The van der Waals surface area contributed by atoms with Gasteiger partial charge >= 0.3 is 13.3 Å². The fourth-order valence-electron chi connectivity index (χ4n) is 4.32. The summed E-state index contributed by atoms with van der Waals surface area (Å²) in [4.78, 5) is 42.3. The molecule has 6 atom stereocenters. The van der Waals surface area contributed by atoms with Crippen molar-refractivity contribution in [3.63, 3.8) is 0 Å². The lowest BCUT2D eigenvalue weighted by molar-refractivity contribution is -0.0680. The van der Waals surface area contributed by atoms with Crippen LogP contribution in [0.4, 0.5) is 0 Å². The fourth-order valence-corrected chi connectivity index (χ4v) is 6.23. The first-order valence-corrected chi connectivity index (χ1v) is 13.2. The molecule has 0 saturated carbocycles. The molecule has 12 heteroatoms. The SMILES string of the molecule is CCC(CC)P(=O)(O)OC(C)(CC)C[C@H]1O[C@@H](n2cc3c(=O)c(C)c[nH]c3nc2=O)[C@@H](O)C1O. The van der Waals surface area contributed by atoms with Gasteiger partial charge in [0.2, 0.25) is 0 Å². The molecule has 2 aromatic rings. The van der Waals surface area contributed by atoms with Crippen LogP contribution in [-0.4, -0.2) is 59.2 Å². The number of aliphatic hydroxyl groups is 2. The van der Waals surface area contributed by atoms with Crippen LogP contribution in [0.1, 0.15) is 65.2 Å². The molecule has 34 heavy (non-hydrogen) atoms. The van der Waals surface area contributed by atoms with E-state index in [1.807, 2.05) is 13.8 Å².